The highest BCUT2D eigenvalue weighted by Gasteiger charge is 2.14. The molecule has 0 bridgehead atoms. The maximum Gasteiger partial charge on any atom is 0.324 e. The lowest BCUT2D eigenvalue weighted by Gasteiger charge is -2.18. The minimum atomic E-state index is -0.550. The highest BCUT2D eigenvalue weighted by atomic mass is 35.5. The number of anilines is 1. The molecule has 0 N–H and O–H groups in total. The Morgan fingerprint density at radius 3 is 1.54 bits per heavy atom. The monoisotopic (exact) mass is 333 g/mol. The molecule has 0 aromatic heterocycles. The van der Waals surface area contributed by atoms with Gasteiger partial charge in [0.05, 0.1) is 0 Å². The summed E-state index contributed by atoms with van der Waals surface area (Å²) in [7, 11) is 0. The quantitative estimate of drug-likeness (QED) is 0.427. The van der Waals surface area contributed by atoms with Crippen molar-refractivity contribution in [3.05, 3.63) is 108 Å². The molecule has 0 aliphatic heterocycles. The maximum absolute atomic E-state index is 12.0. The molecule has 0 fully saturated rings. The van der Waals surface area contributed by atoms with Crippen LogP contribution in [0.15, 0.2) is 97.2 Å². The Morgan fingerprint density at radius 1 is 0.708 bits per heavy atom. The average Bonchev–Trinajstić information content (AvgIpc) is 2.64. The number of hydrogen-bond donors (Lipinski definition) is 0. The van der Waals surface area contributed by atoms with E-state index in [1.807, 2.05) is 91.0 Å². The van der Waals surface area contributed by atoms with Crippen molar-refractivity contribution in [1.82, 2.24) is 0 Å². The Labute approximate surface area is 146 Å². The molecule has 24 heavy (non-hydrogen) atoms. The van der Waals surface area contributed by atoms with Crippen molar-refractivity contribution >= 4 is 28.2 Å². The number of nitrogens with zero attached hydrogens (tertiary/aromatic N) is 1. The molecule has 2 nitrogen and oxygen atoms in total. The van der Waals surface area contributed by atoms with Gasteiger partial charge < -0.3 is 0 Å². The van der Waals surface area contributed by atoms with Crippen LogP contribution in [-0.2, 0) is 0 Å². The second-order valence-electron chi connectivity index (χ2n) is 5.23. The predicted octanol–water partition coefficient (Wildman–Crippen LogP) is 5.94. The summed E-state index contributed by atoms with van der Waals surface area (Å²) in [6.45, 7) is 0. The van der Waals surface area contributed by atoms with Gasteiger partial charge in [0, 0.05) is 17.5 Å². The van der Waals surface area contributed by atoms with Gasteiger partial charge in [0.15, 0.2) is 0 Å². The first kappa shape index (κ1) is 16.0. The van der Waals surface area contributed by atoms with Crippen LogP contribution in [0, 0.1) is 0 Å². The van der Waals surface area contributed by atoms with Crippen molar-refractivity contribution in [2.45, 2.75) is 0 Å². The fourth-order valence-corrected chi connectivity index (χ4v) is 2.64. The van der Waals surface area contributed by atoms with Gasteiger partial charge in [0.25, 0.3) is 0 Å². The molecule has 0 aliphatic rings. The molecule has 3 rings (SSSR count). The van der Waals surface area contributed by atoms with Gasteiger partial charge in [-0.25, -0.2) is 0 Å². The molecule has 1 amide bonds. The fraction of sp³-hybridized carbons (Fsp3) is 0. The first-order valence-electron chi connectivity index (χ1n) is 7.62. The molecular formula is C21H16ClNO. The third-order valence-electron chi connectivity index (χ3n) is 3.65. The summed E-state index contributed by atoms with van der Waals surface area (Å²) >= 11 is 5.84. The largest absolute Gasteiger partial charge is 0.324 e. The van der Waals surface area contributed by atoms with E-state index in [2.05, 4.69) is 0 Å². The van der Waals surface area contributed by atoms with Gasteiger partial charge in [-0.3, -0.25) is 9.69 Å². The first-order valence-corrected chi connectivity index (χ1v) is 8.00. The summed E-state index contributed by atoms with van der Waals surface area (Å²) in [4.78, 5) is 13.4. The van der Waals surface area contributed by atoms with Crippen molar-refractivity contribution in [2.75, 3.05) is 4.90 Å². The third-order valence-corrected chi connectivity index (χ3v) is 3.83. The van der Waals surface area contributed by atoms with Crippen molar-refractivity contribution in [2.24, 2.45) is 0 Å². The number of amides is 1. The summed E-state index contributed by atoms with van der Waals surface area (Å²) in [6, 6.07) is 29.2. The Hall–Kier alpha value is -2.84. The molecule has 0 radical (unpaired) electrons. The molecule has 0 saturated heterocycles. The highest BCUT2D eigenvalue weighted by molar-refractivity contribution is 6.66. The number of benzene rings is 3. The van der Waals surface area contributed by atoms with Crippen molar-refractivity contribution in [3.63, 3.8) is 0 Å². The normalized spacial score (nSPS) is 10.0. The zero-order valence-corrected chi connectivity index (χ0v) is 13.7. The highest BCUT2D eigenvalue weighted by Crippen LogP contribution is 2.26. The van der Waals surface area contributed by atoms with Crippen LogP contribution in [0.25, 0.3) is 5.57 Å². The van der Waals surface area contributed by atoms with Crippen molar-refractivity contribution in [3.8, 4) is 0 Å². The smallest absolute Gasteiger partial charge is 0.274 e. The van der Waals surface area contributed by atoms with Gasteiger partial charge in [0.2, 0.25) is 0 Å². The minimum absolute atomic E-state index is 0.550. The molecule has 118 valence electrons. The van der Waals surface area contributed by atoms with Crippen LogP contribution in [-0.4, -0.2) is 5.37 Å². The summed E-state index contributed by atoms with van der Waals surface area (Å²) in [5.74, 6) is 0. The van der Waals surface area contributed by atoms with Crippen molar-refractivity contribution < 1.29 is 4.79 Å². The average molecular weight is 334 g/mol. The lowest BCUT2D eigenvalue weighted by Crippen LogP contribution is -2.19. The van der Waals surface area contributed by atoms with E-state index in [0.29, 0.717) is 0 Å². The van der Waals surface area contributed by atoms with E-state index in [9.17, 15) is 4.79 Å². The zero-order valence-electron chi connectivity index (χ0n) is 13.0. The van der Waals surface area contributed by atoms with Gasteiger partial charge in [-0.1, -0.05) is 78.9 Å². The standard InChI is InChI=1S/C21H16ClNO/c22-21(24)23(19-14-8-3-9-15-19)16-20(17-10-4-1-5-11-17)18-12-6-2-7-13-18/h1-16H. The zero-order chi connectivity index (χ0) is 16.8. The molecule has 3 heteroatoms. The van der Waals surface area contributed by atoms with Crippen LogP contribution < -0.4 is 4.90 Å². The topological polar surface area (TPSA) is 20.3 Å². The van der Waals surface area contributed by atoms with Crippen LogP contribution in [0.2, 0.25) is 0 Å². The molecule has 3 aromatic carbocycles. The Balaban J connectivity index is 2.13. The second kappa shape index (κ2) is 7.62. The van der Waals surface area contributed by atoms with Crippen LogP contribution in [0.5, 0.6) is 0 Å². The van der Waals surface area contributed by atoms with Gasteiger partial charge >= 0.3 is 5.37 Å². The van der Waals surface area contributed by atoms with Gasteiger partial charge in [-0.05, 0) is 34.9 Å². The fourth-order valence-electron chi connectivity index (χ4n) is 2.50. The van der Waals surface area contributed by atoms with Crippen molar-refractivity contribution in [1.29, 1.82) is 0 Å². The van der Waals surface area contributed by atoms with Crippen LogP contribution >= 0.6 is 11.6 Å². The Kier molecular flexibility index (Phi) is 5.09. The third kappa shape index (κ3) is 3.73. The SMILES string of the molecule is O=C(Cl)N(C=C(c1ccccc1)c1ccccc1)c1ccccc1. The lowest BCUT2D eigenvalue weighted by molar-refractivity contribution is 0.266. The van der Waals surface area contributed by atoms with E-state index in [0.717, 1.165) is 22.4 Å². The van der Waals surface area contributed by atoms with E-state index < -0.39 is 5.37 Å². The second-order valence-corrected chi connectivity index (χ2v) is 5.56. The van der Waals surface area contributed by atoms with Gasteiger partial charge in [0.1, 0.15) is 0 Å². The van der Waals surface area contributed by atoms with Crippen LogP contribution in [0.4, 0.5) is 10.5 Å². The van der Waals surface area contributed by atoms with E-state index >= 15 is 0 Å². The van der Waals surface area contributed by atoms with Crippen LogP contribution in [0.1, 0.15) is 11.1 Å². The number of hydrogen-bond acceptors (Lipinski definition) is 1. The summed E-state index contributed by atoms with van der Waals surface area (Å²) in [5.41, 5.74) is 3.68. The molecule has 0 heterocycles. The van der Waals surface area contributed by atoms with Gasteiger partial charge in [-0.15, -0.1) is 0 Å². The summed E-state index contributed by atoms with van der Waals surface area (Å²) in [6.07, 6.45) is 1.79. The molecule has 3 aromatic rings. The van der Waals surface area contributed by atoms with E-state index in [-0.39, 0.29) is 0 Å². The number of carbonyl (C=O) groups is 1. The molecule has 0 spiro atoms. The number of carbonyl (C=O) groups excluding carboxylic acids is 1. The Morgan fingerprint density at radius 2 is 1.12 bits per heavy atom. The molecule has 0 saturated carbocycles. The number of para-hydroxylation sites is 1. The Bertz CT molecular complexity index is 788. The number of halogens is 1. The minimum Gasteiger partial charge on any atom is -0.274 e. The predicted molar refractivity (Wildman–Crippen MR) is 100 cm³/mol. The van der Waals surface area contributed by atoms with Crippen LogP contribution in [0.3, 0.4) is 0 Å². The first-order chi connectivity index (χ1) is 11.8. The maximum atomic E-state index is 12.0. The molecular weight excluding hydrogens is 318 g/mol. The van der Waals surface area contributed by atoms with E-state index in [1.165, 1.54) is 4.90 Å². The molecule has 0 aliphatic carbocycles. The lowest BCUT2D eigenvalue weighted by atomic mass is 9.99. The summed E-state index contributed by atoms with van der Waals surface area (Å²) in [5, 5.41) is -0.550. The number of rotatable bonds is 4. The van der Waals surface area contributed by atoms with E-state index in [4.69, 9.17) is 11.6 Å². The molecule has 0 atom stereocenters. The van der Waals surface area contributed by atoms with E-state index in [1.54, 1.807) is 6.20 Å². The molecule has 0 unspecified atom stereocenters. The van der Waals surface area contributed by atoms with Gasteiger partial charge in [-0.2, -0.15) is 0 Å². The summed E-state index contributed by atoms with van der Waals surface area (Å²) < 4.78 is 0.